The predicted molar refractivity (Wildman–Crippen MR) is 71.0 cm³/mol. The molecule has 110 valence electrons. The van der Waals surface area contributed by atoms with Gasteiger partial charge in [-0.1, -0.05) is 13.8 Å². The van der Waals surface area contributed by atoms with Crippen molar-refractivity contribution in [1.29, 1.82) is 0 Å². The lowest BCUT2D eigenvalue weighted by Gasteiger charge is -2.38. The fraction of sp³-hybridized carbons (Fsp3) is 0.846. The zero-order valence-electron chi connectivity index (χ0n) is 11.7. The Morgan fingerprint density at radius 1 is 1.37 bits per heavy atom. The summed E-state index contributed by atoms with van der Waals surface area (Å²) in [4.78, 5) is 23.7. The Kier molecular flexibility index (Phi) is 6.62. The van der Waals surface area contributed by atoms with Crippen LogP contribution in [0.15, 0.2) is 0 Å². The van der Waals surface area contributed by atoms with E-state index in [-0.39, 0.29) is 18.4 Å². The number of hydrogen-bond acceptors (Lipinski definition) is 3. The maximum absolute atomic E-state index is 11.6. The van der Waals surface area contributed by atoms with Gasteiger partial charge in [0, 0.05) is 32.2 Å². The maximum atomic E-state index is 11.6. The second kappa shape index (κ2) is 7.99. The van der Waals surface area contributed by atoms with Crippen LogP contribution in [0.5, 0.6) is 0 Å². The summed E-state index contributed by atoms with van der Waals surface area (Å²) in [6, 6.07) is -0.130. The zero-order chi connectivity index (χ0) is 14.3. The van der Waals surface area contributed by atoms with E-state index in [9.17, 15) is 9.59 Å². The molecule has 0 aromatic carbocycles. The average Bonchev–Trinajstić information content (AvgIpc) is 2.26. The summed E-state index contributed by atoms with van der Waals surface area (Å²) in [5.74, 6) is -0.0731. The van der Waals surface area contributed by atoms with E-state index in [1.54, 1.807) is 4.90 Å². The fourth-order valence-corrected chi connectivity index (χ4v) is 1.87. The molecule has 1 aliphatic heterocycles. The van der Waals surface area contributed by atoms with Crippen LogP contribution in [0.25, 0.3) is 0 Å². The Labute approximate surface area is 114 Å². The highest BCUT2D eigenvalue weighted by Gasteiger charge is 2.31. The Hall–Kier alpha value is -1.30. The van der Waals surface area contributed by atoms with E-state index in [0.717, 1.165) is 13.0 Å². The lowest BCUT2D eigenvalue weighted by molar-refractivity contribution is -0.139. The molecule has 6 heteroatoms. The van der Waals surface area contributed by atoms with Crippen LogP contribution in [0, 0.1) is 11.8 Å². The van der Waals surface area contributed by atoms with Crippen LogP contribution in [0.1, 0.15) is 26.7 Å². The normalized spacial score (nSPS) is 15.4. The highest BCUT2D eigenvalue weighted by Crippen LogP contribution is 2.18. The maximum Gasteiger partial charge on any atom is 0.317 e. The number of carbonyl (C=O) groups is 2. The second-order valence-corrected chi connectivity index (χ2v) is 5.40. The molecular weight excluding hydrogens is 248 g/mol. The van der Waals surface area contributed by atoms with Crippen molar-refractivity contribution >= 4 is 12.0 Å². The molecule has 0 aliphatic carbocycles. The lowest BCUT2D eigenvalue weighted by Crippen LogP contribution is -2.54. The van der Waals surface area contributed by atoms with Crippen LogP contribution < -0.4 is 5.32 Å². The highest BCUT2D eigenvalue weighted by atomic mass is 16.5. The fourth-order valence-electron chi connectivity index (χ4n) is 1.87. The van der Waals surface area contributed by atoms with Gasteiger partial charge in [-0.2, -0.15) is 0 Å². The van der Waals surface area contributed by atoms with E-state index in [1.165, 1.54) is 0 Å². The predicted octanol–water partition coefficient (Wildman–Crippen LogP) is 1.17. The first kappa shape index (κ1) is 15.8. The molecule has 0 aromatic heterocycles. The van der Waals surface area contributed by atoms with Crippen molar-refractivity contribution in [2.24, 2.45) is 11.8 Å². The van der Waals surface area contributed by atoms with E-state index in [1.807, 2.05) is 0 Å². The first-order valence-corrected chi connectivity index (χ1v) is 6.81. The number of nitrogens with zero attached hydrogens (tertiary/aromatic N) is 1. The molecule has 2 N–H and O–H groups in total. The van der Waals surface area contributed by atoms with Gasteiger partial charge in [-0.15, -0.1) is 0 Å². The SMILES string of the molecule is CC(C)CCOCCNC(=O)N1CC(CC(=O)O)C1. The van der Waals surface area contributed by atoms with Gasteiger partial charge in [0.1, 0.15) is 0 Å². The smallest absolute Gasteiger partial charge is 0.317 e. The minimum Gasteiger partial charge on any atom is -0.481 e. The summed E-state index contributed by atoms with van der Waals surface area (Å²) in [7, 11) is 0. The molecule has 6 nitrogen and oxygen atoms in total. The topological polar surface area (TPSA) is 78.9 Å². The van der Waals surface area contributed by atoms with Crippen molar-refractivity contribution in [1.82, 2.24) is 10.2 Å². The van der Waals surface area contributed by atoms with Crippen molar-refractivity contribution in [3.05, 3.63) is 0 Å². The second-order valence-electron chi connectivity index (χ2n) is 5.40. The molecule has 0 saturated carbocycles. The van der Waals surface area contributed by atoms with Gasteiger partial charge in [0.2, 0.25) is 0 Å². The van der Waals surface area contributed by atoms with Crippen LogP contribution in [-0.4, -0.2) is 54.9 Å². The number of hydrogen-bond donors (Lipinski definition) is 2. The number of carboxylic acids is 1. The van der Waals surface area contributed by atoms with Crippen LogP contribution in [-0.2, 0) is 9.53 Å². The quantitative estimate of drug-likeness (QED) is 0.650. The van der Waals surface area contributed by atoms with Crippen LogP contribution in [0.2, 0.25) is 0 Å². The number of rotatable bonds is 8. The monoisotopic (exact) mass is 272 g/mol. The molecular formula is C13H24N2O4. The van der Waals surface area contributed by atoms with Crippen LogP contribution >= 0.6 is 0 Å². The number of carboxylic acid groups (broad SMARTS) is 1. The van der Waals surface area contributed by atoms with E-state index in [2.05, 4.69) is 19.2 Å². The molecule has 0 spiro atoms. The molecule has 0 radical (unpaired) electrons. The van der Waals surface area contributed by atoms with Crippen LogP contribution in [0.4, 0.5) is 4.79 Å². The molecule has 0 atom stereocenters. The minimum atomic E-state index is -0.802. The highest BCUT2D eigenvalue weighted by molar-refractivity contribution is 5.75. The summed E-state index contributed by atoms with van der Waals surface area (Å²) in [5.41, 5.74) is 0. The van der Waals surface area contributed by atoms with Gasteiger partial charge < -0.3 is 20.1 Å². The molecule has 0 bridgehead atoms. The van der Waals surface area contributed by atoms with Gasteiger partial charge in [-0.25, -0.2) is 4.79 Å². The Balaban J connectivity index is 1.96. The number of ether oxygens (including phenoxy) is 1. The third-order valence-corrected chi connectivity index (χ3v) is 3.07. The summed E-state index contributed by atoms with van der Waals surface area (Å²) in [6.07, 6.45) is 1.17. The molecule has 1 saturated heterocycles. The van der Waals surface area contributed by atoms with Gasteiger partial charge in [0.15, 0.2) is 0 Å². The van der Waals surface area contributed by atoms with Crippen molar-refractivity contribution < 1.29 is 19.4 Å². The number of amides is 2. The number of nitrogens with one attached hydrogen (secondary N) is 1. The standard InChI is InChI=1S/C13H24N2O4/c1-10(2)3-5-19-6-4-14-13(18)15-8-11(9-15)7-12(16)17/h10-11H,3-9H2,1-2H3,(H,14,18)(H,16,17). The van der Waals surface area contributed by atoms with E-state index >= 15 is 0 Å². The molecule has 2 amide bonds. The molecule has 19 heavy (non-hydrogen) atoms. The van der Waals surface area contributed by atoms with Gasteiger partial charge in [0.25, 0.3) is 0 Å². The number of carbonyl (C=O) groups excluding carboxylic acids is 1. The van der Waals surface area contributed by atoms with Gasteiger partial charge in [0.05, 0.1) is 13.0 Å². The summed E-state index contributed by atoms with van der Waals surface area (Å²) in [5, 5.41) is 11.4. The number of likely N-dealkylation sites (tertiary alicyclic amines) is 1. The number of urea groups is 1. The van der Waals surface area contributed by atoms with Crippen LogP contribution in [0.3, 0.4) is 0 Å². The molecule has 0 unspecified atom stereocenters. The van der Waals surface area contributed by atoms with Gasteiger partial charge >= 0.3 is 12.0 Å². The number of aliphatic carboxylic acids is 1. The van der Waals surface area contributed by atoms with E-state index < -0.39 is 5.97 Å². The van der Waals surface area contributed by atoms with Gasteiger partial charge in [-0.3, -0.25) is 4.79 Å². The van der Waals surface area contributed by atoms with Crippen molar-refractivity contribution in [2.75, 3.05) is 32.8 Å². The minimum absolute atomic E-state index is 0.102. The van der Waals surface area contributed by atoms with E-state index in [0.29, 0.717) is 32.2 Å². The summed E-state index contributed by atoms with van der Waals surface area (Å²) >= 11 is 0. The Morgan fingerprint density at radius 2 is 2.05 bits per heavy atom. The third kappa shape index (κ3) is 6.42. The first-order valence-electron chi connectivity index (χ1n) is 6.81. The Morgan fingerprint density at radius 3 is 2.63 bits per heavy atom. The third-order valence-electron chi connectivity index (χ3n) is 3.07. The first-order chi connectivity index (χ1) is 8.99. The summed E-state index contributed by atoms with van der Waals surface area (Å²) < 4.78 is 5.39. The zero-order valence-corrected chi connectivity index (χ0v) is 11.7. The van der Waals surface area contributed by atoms with Crippen molar-refractivity contribution in [3.63, 3.8) is 0 Å². The average molecular weight is 272 g/mol. The Bertz CT molecular complexity index is 301. The molecule has 0 aromatic rings. The molecule has 1 fully saturated rings. The van der Waals surface area contributed by atoms with Gasteiger partial charge in [-0.05, 0) is 12.3 Å². The largest absolute Gasteiger partial charge is 0.481 e. The van der Waals surface area contributed by atoms with Crippen molar-refractivity contribution in [2.45, 2.75) is 26.7 Å². The lowest BCUT2D eigenvalue weighted by atomic mass is 9.97. The summed E-state index contributed by atoms with van der Waals surface area (Å²) in [6.45, 7) is 7.09. The molecule has 1 aliphatic rings. The molecule has 1 heterocycles. The van der Waals surface area contributed by atoms with Crippen molar-refractivity contribution in [3.8, 4) is 0 Å². The molecule has 1 rings (SSSR count). The van der Waals surface area contributed by atoms with E-state index in [4.69, 9.17) is 9.84 Å².